The number of ether oxygens (including phenoxy) is 1. The summed E-state index contributed by atoms with van der Waals surface area (Å²) in [6.45, 7) is 4.17. The lowest BCUT2D eigenvalue weighted by atomic mass is 10.1. The molecule has 6 heteroatoms. The predicted molar refractivity (Wildman–Crippen MR) is 91.2 cm³/mol. The molecule has 0 radical (unpaired) electrons. The maximum Gasteiger partial charge on any atom is 0.323 e. The summed E-state index contributed by atoms with van der Waals surface area (Å²) < 4.78 is 38.3. The van der Waals surface area contributed by atoms with Gasteiger partial charge in [-0.1, -0.05) is 78.1 Å². The minimum Gasteiger partial charge on any atom is -0.747 e. The minimum absolute atomic E-state index is 0.0743. The summed E-state index contributed by atoms with van der Waals surface area (Å²) in [4.78, 5) is 11.6. The van der Waals surface area contributed by atoms with Crippen molar-refractivity contribution in [3.8, 4) is 0 Å². The van der Waals surface area contributed by atoms with E-state index in [-0.39, 0.29) is 13.0 Å². The van der Waals surface area contributed by atoms with E-state index in [1.807, 2.05) is 6.92 Å². The summed E-state index contributed by atoms with van der Waals surface area (Å²) in [6, 6.07) is 0. The standard InChI is InChI=1S/C17H34O5S/c1-3-5-6-7-8-9-10-11-12-13-14-16(23(19,20)21)17(18)22-15-4-2/h16H,3-15H2,1-2H3,(H,19,20,21)/p-1. The Morgan fingerprint density at radius 3 is 1.78 bits per heavy atom. The molecule has 0 aliphatic heterocycles. The highest BCUT2D eigenvalue weighted by Crippen LogP contribution is 2.15. The van der Waals surface area contributed by atoms with Crippen molar-refractivity contribution in [1.29, 1.82) is 0 Å². The van der Waals surface area contributed by atoms with E-state index in [0.29, 0.717) is 12.8 Å². The maximum atomic E-state index is 11.6. The van der Waals surface area contributed by atoms with Crippen LogP contribution in [0.2, 0.25) is 0 Å². The van der Waals surface area contributed by atoms with E-state index in [2.05, 4.69) is 6.92 Å². The fraction of sp³-hybridized carbons (Fsp3) is 0.941. The van der Waals surface area contributed by atoms with Crippen LogP contribution in [0.15, 0.2) is 0 Å². The number of hydrogen-bond acceptors (Lipinski definition) is 5. The number of hydrogen-bond donors (Lipinski definition) is 0. The molecule has 0 N–H and O–H groups in total. The summed E-state index contributed by atoms with van der Waals surface area (Å²) in [7, 11) is -4.63. The molecule has 1 atom stereocenters. The number of carbonyl (C=O) groups excluding carboxylic acids is 1. The second-order valence-corrected chi connectivity index (χ2v) is 7.67. The van der Waals surface area contributed by atoms with Crippen molar-refractivity contribution in [1.82, 2.24) is 0 Å². The van der Waals surface area contributed by atoms with Gasteiger partial charge in [0.15, 0.2) is 0 Å². The molecule has 0 fully saturated rings. The molecule has 0 heterocycles. The van der Waals surface area contributed by atoms with E-state index in [1.165, 1.54) is 38.5 Å². The molecule has 0 aliphatic carbocycles. The Hall–Kier alpha value is -0.620. The molecular formula is C17H33O5S-. The van der Waals surface area contributed by atoms with Crippen molar-refractivity contribution in [2.45, 2.75) is 96.1 Å². The molecule has 0 aliphatic rings. The normalized spacial score (nSPS) is 13.0. The highest BCUT2D eigenvalue weighted by Gasteiger charge is 2.26. The van der Waals surface area contributed by atoms with Crippen LogP contribution in [0.1, 0.15) is 90.9 Å². The third-order valence-electron chi connectivity index (χ3n) is 3.88. The first-order valence-electron chi connectivity index (χ1n) is 9.04. The molecule has 138 valence electrons. The van der Waals surface area contributed by atoms with Crippen molar-refractivity contribution < 1.29 is 22.5 Å². The van der Waals surface area contributed by atoms with Gasteiger partial charge in [-0.25, -0.2) is 8.42 Å². The quantitative estimate of drug-likeness (QED) is 0.252. The molecular weight excluding hydrogens is 316 g/mol. The van der Waals surface area contributed by atoms with E-state index < -0.39 is 21.3 Å². The fourth-order valence-corrected chi connectivity index (χ4v) is 3.25. The second-order valence-electron chi connectivity index (χ2n) is 6.12. The minimum atomic E-state index is -4.63. The van der Waals surface area contributed by atoms with E-state index in [1.54, 1.807) is 0 Å². The van der Waals surface area contributed by atoms with Crippen LogP contribution in [0.4, 0.5) is 0 Å². The Kier molecular flexibility index (Phi) is 13.4. The smallest absolute Gasteiger partial charge is 0.323 e. The Morgan fingerprint density at radius 1 is 0.870 bits per heavy atom. The molecule has 5 nitrogen and oxygen atoms in total. The van der Waals surface area contributed by atoms with Crippen LogP contribution in [0, 0.1) is 0 Å². The Bertz CT molecular complexity index is 392. The molecule has 0 rings (SSSR count). The lowest BCUT2D eigenvalue weighted by Gasteiger charge is -2.19. The van der Waals surface area contributed by atoms with Gasteiger partial charge in [-0.05, 0) is 12.8 Å². The van der Waals surface area contributed by atoms with Gasteiger partial charge in [0.2, 0.25) is 0 Å². The molecule has 0 saturated heterocycles. The third kappa shape index (κ3) is 12.5. The van der Waals surface area contributed by atoms with Gasteiger partial charge >= 0.3 is 5.97 Å². The van der Waals surface area contributed by atoms with Crippen LogP contribution in [0.5, 0.6) is 0 Å². The summed E-state index contributed by atoms with van der Waals surface area (Å²) >= 11 is 0. The second kappa shape index (κ2) is 13.8. The van der Waals surface area contributed by atoms with Gasteiger partial charge < -0.3 is 9.29 Å². The zero-order chi connectivity index (χ0) is 17.6. The molecule has 0 amide bonds. The van der Waals surface area contributed by atoms with Gasteiger partial charge in [0.1, 0.15) is 15.4 Å². The molecule has 0 aromatic rings. The highest BCUT2D eigenvalue weighted by atomic mass is 32.2. The van der Waals surface area contributed by atoms with Crippen molar-refractivity contribution >= 4 is 16.1 Å². The van der Waals surface area contributed by atoms with E-state index in [9.17, 15) is 17.8 Å². The molecule has 0 aromatic carbocycles. The molecule has 0 aromatic heterocycles. The third-order valence-corrected chi connectivity index (χ3v) is 5.00. The Labute approximate surface area is 141 Å². The first kappa shape index (κ1) is 22.4. The van der Waals surface area contributed by atoms with Crippen molar-refractivity contribution in [2.75, 3.05) is 6.61 Å². The van der Waals surface area contributed by atoms with E-state index >= 15 is 0 Å². The average molecular weight is 350 g/mol. The molecule has 0 bridgehead atoms. The lowest BCUT2D eigenvalue weighted by Crippen LogP contribution is -2.32. The van der Waals surface area contributed by atoms with Crippen LogP contribution in [0.3, 0.4) is 0 Å². The van der Waals surface area contributed by atoms with Gasteiger partial charge in [0, 0.05) is 0 Å². The van der Waals surface area contributed by atoms with Crippen molar-refractivity contribution in [3.05, 3.63) is 0 Å². The topological polar surface area (TPSA) is 83.5 Å². The summed E-state index contributed by atoms with van der Waals surface area (Å²) in [5.74, 6) is -0.891. The number of rotatable bonds is 15. The van der Waals surface area contributed by atoms with Crippen LogP contribution in [-0.4, -0.2) is 30.8 Å². The lowest BCUT2D eigenvalue weighted by molar-refractivity contribution is -0.143. The zero-order valence-corrected chi connectivity index (χ0v) is 15.5. The highest BCUT2D eigenvalue weighted by molar-refractivity contribution is 7.87. The van der Waals surface area contributed by atoms with E-state index in [4.69, 9.17) is 4.74 Å². The van der Waals surface area contributed by atoms with Crippen LogP contribution >= 0.6 is 0 Å². The summed E-state index contributed by atoms with van der Waals surface area (Å²) in [5.41, 5.74) is 0. The first-order chi connectivity index (χ1) is 10.9. The van der Waals surface area contributed by atoms with Gasteiger partial charge in [0.05, 0.1) is 6.61 Å². The van der Waals surface area contributed by atoms with Gasteiger partial charge in [0.25, 0.3) is 0 Å². The molecule has 23 heavy (non-hydrogen) atoms. The number of carbonyl (C=O) groups is 1. The van der Waals surface area contributed by atoms with Crippen molar-refractivity contribution in [3.63, 3.8) is 0 Å². The number of esters is 1. The van der Waals surface area contributed by atoms with Crippen LogP contribution in [-0.2, 0) is 19.6 Å². The van der Waals surface area contributed by atoms with Gasteiger partial charge in [-0.3, -0.25) is 4.79 Å². The average Bonchev–Trinajstić information content (AvgIpc) is 2.49. The number of unbranched alkanes of at least 4 members (excludes halogenated alkanes) is 9. The SMILES string of the molecule is CCCCCCCCCCCCC(C(=O)OCCC)S(=O)(=O)[O-]. The maximum absolute atomic E-state index is 11.6. The molecule has 0 spiro atoms. The largest absolute Gasteiger partial charge is 0.747 e. The molecule has 1 unspecified atom stereocenters. The summed E-state index contributed by atoms with van der Waals surface area (Å²) in [5, 5.41) is -1.54. The zero-order valence-electron chi connectivity index (χ0n) is 14.7. The van der Waals surface area contributed by atoms with Crippen LogP contribution in [0.25, 0.3) is 0 Å². The molecule has 0 saturated carbocycles. The predicted octanol–water partition coefficient (Wildman–Crippen LogP) is 4.16. The van der Waals surface area contributed by atoms with Gasteiger partial charge in [-0.2, -0.15) is 0 Å². The summed E-state index contributed by atoms with van der Waals surface area (Å²) in [6.07, 6.45) is 11.8. The fourth-order valence-electron chi connectivity index (χ4n) is 2.49. The Morgan fingerprint density at radius 2 is 1.35 bits per heavy atom. The monoisotopic (exact) mass is 349 g/mol. The van der Waals surface area contributed by atoms with Crippen molar-refractivity contribution in [2.24, 2.45) is 0 Å². The van der Waals surface area contributed by atoms with Gasteiger partial charge in [-0.15, -0.1) is 0 Å². The van der Waals surface area contributed by atoms with Crippen LogP contribution < -0.4 is 0 Å². The first-order valence-corrected chi connectivity index (χ1v) is 10.5. The Balaban J connectivity index is 3.82. The van der Waals surface area contributed by atoms with E-state index in [0.717, 1.165) is 19.3 Å².